The van der Waals surface area contributed by atoms with Gasteiger partial charge in [0, 0.05) is 40.3 Å². The molecule has 1 aromatic carbocycles. The van der Waals surface area contributed by atoms with Gasteiger partial charge in [-0.25, -0.2) is 9.78 Å². The van der Waals surface area contributed by atoms with Gasteiger partial charge in [-0.2, -0.15) is 0 Å². The van der Waals surface area contributed by atoms with E-state index in [1.54, 1.807) is 11.9 Å². The molecule has 0 unspecified atom stereocenters. The number of aromatic nitrogens is 4. The van der Waals surface area contributed by atoms with Crippen LogP contribution in [0.5, 0.6) is 5.75 Å². The second-order valence-electron chi connectivity index (χ2n) is 7.52. The minimum absolute atomic E-state index is 0.000519. The smallest absolute Gasteiger partial charge is 0.332 e. The van der Waals surface area contributed by atoms with E-state index >= 15 is 0 Å². The summed E-state index contributed by atoms with van der Waals surface area (Å²) in [5, 5.41) is 0. The number of benzene rings is 1. The number of imidazole rings is 1. The number of ether oxygens (including phenoxy) is 1. The van der Waals surface area contributed by atoms with Crippen LogP contribution >= 0.6 is 0 Å². The number of piperazine rings is 1. The summed E-state index contributed by atoms with van der Waals surface area (Å²) < 4.78 is 9.59. The van der Waals surface area contributed by atoms with Crippen molar-refractivity contribution in [2.24, 2.45) is 14.1 Å². The number of aryl methyl sites for hydroxylation is 1. The molecule has 2 aromatic heterocycles. The first-order valence-electron chi connectivity index (χ1n) is 10.3. The van der Waals surface area contributed by atoms with Crippen LogP contribution in [0.15, 0.2) is 40.2 Å². The predicted molar refractivity (Wildman–Crippen MR) is 117 cm³/mol. The molecule has 0 radical (unpaired) electrons. The Morgan fingerprint density at radius 1 is 1.06 bits per heavy atom. The van der Waals surface area contributed by atoms with Gasteiger partial charge in [0.05, 0.1) is 18.6 Å². The lowest BCUT2D eigenvalue weighted by Crippen LogP contribution is -2.49. The highest BCUT2D eigenvalue weighted by Gasteiger charge is 2.24. The average Bonchev–Trinajstić information content (AvgIpc) is 3.20. The second-order valence-corrected chi connectivity index (χ2v) is 7.52. The Morgan fingerprint density at radius 2 is 1.77 bits per heavy atom. The number of fused-ring (bicyclic) bond motifs is 1. The van der Waals surface area contributed by atoms with Crippen molar-refractivity contribution >= 4 is 22.8 Å². The summed E-state index contributed by atoms with van der Waals surface area (Å²) in [6.45, 7) is 5.08. The fraction of sp³-hybridized carbons (Fsp3) is 0.429. The zero-order valence-electron chi connectivity index (χ0n) is 17.9. The van der Waals surface area contributed by atoms with Gasteiger partial charge in [0.15, 0.2) is 11.2 Å². The van der Waals surface area contributed by atoms with Crippen LogP contribution in [-0.2, 0) is 25.4 Å². The van der Waals surface area contributed by atoms with Crippen LogP contribution in [0.4, 0.5) is 5.69 Å². The number of para-hydroxylation sites is 2. The zero-order chi connectivity index (χ0) is 22.1. The van der Waals surface area contributed by atoms with Crippen molar-refractivity contribution in [3.8, 4) is 5.75 Å². The summed E-state index contributed by atoms with van der Waals surface area (Å²) in [5.74, 6) is 0.754. The monoisotopic (exact) mass is 426 g/mol. The van der Waals surface area contributed by atoms with E-state index in [1.807, 2.05) is 31.2 Å². The number of amides is 1. The Bertz CT molecular complexity index is 1230. The Balaban J connectivity index is 1.48. The molecule has 0 N–H and O–H groups in total. The molecule has 0 saturated carbocycles. The van der Waals surface area contributed by atoms with Gasteiger partial charge >= 0.3 is 5.69 Å². The quantitative estimate of drug-likeness (QED) is 0.578. The fourth-order valence-electron chi connectivity index (χ4n) is 3.96. The van der Waals surface area contributed by atoms with E-state index in [0.29, 0.717) is 32.8 Å². The Hall–Kier alpha value is -3.56. The fourth-order valence-corrected chi connectivity index (χ4v) is 3.96. The van der Waals surface area contributed by atoms with Crippen molar-refractivity contribution in [1.29, 1.82) is 0 Å². The molecular weight excluding hydrogens is 400 g/mol. The third-order valence-corrected chi connectivity index (χ3v) is 5.66. The van der Waals surface area contributed by atoms with Crippen molar-refractivity contribution in [2.45, 2.75) is 13.5 Å². The molecule has 31 heavy (non-hydrogen) atoms. The minimum Gasteiger partial charge on any atom is -0.492 e. The summed E-state index contributed by atoms with van der Waals surface area (Å²) >= 11 is 0. The van der Waals surface area contributed by atoms with Gasteiger partial charge in [-0.3, -0.25) is 18.7 Å². The lowest BCUT2D eigenvalue weighted by molar-refractivity contribution is -0.132. The maximum absolute atomic E-state index is 12.9. The van der Waals surface area contributed by atoms with Crippen LogP contribution in [0.1, 0.15) is 6.92 Å². The topological polar surface area (TPSA) is 94.6 Å². The van der Waals surface area contributed by atoms with Crippen molar-refractivity contribution in [1.82, 2.24) is 23.6 Å². The number of hydrogen-bond acceptors (Lipinski definition) is 6. The lowest BCUT2D eigenvalue weighted by atomic mass is 10.2. The third kappa shape index (κ3) is 3.69. The number of carbonyl (C=O) groups excluding carboxylic acids is 1. The minimum atomic E-state index is -0.458. The molecule has 1 saturated heterocycles. The Kier molecular flexibility index (Phi) is 5.53. The van der Waals surface area contributed by atoms with E-state index in [0.717, 1.165) is 16.0 Å². The molecule has 0 bridgehead atoms. The highest BCUT2D eigenvalue weighted by molar-refractivity contribution is 5.79. The van der Waals surface area contributed by atoms with Gasteiger partial charge in [0.25, 0.3) is 5.56 Å². The van der Waals surface area contributed by atoms with Gasteiger partial charge in [-0.15, -0.1) is 0 Å². The summed E-state index contributed by atoms with van der Waals surface area (Å²) in [6.07, 6.45) is 1.44. The summed E-state index contributed by atoms with van der Waals surface area (Å²) in [5.41, 5.74) is 0.653. The molecule has 4 rings (SSSR count). The summed E-state index contributed by atoms with van der Waals surface area (Å²) in [6, 6.07) is 7.91. The highest BCUT2D eigenvalue weighted by atomic mass is 16.5. The van der Waals surface area contributed by atoms with Crippen LogP contribution < -0.4 is 20.9 Å². The standard InChI is InChI=1S/C21H26N6O4/c1-4-31-16-8-6-5-7-15(16)25-9-11-26(12-10-25)17(28)13-27-14-22-19-18(27)20(29)24(3)21(30)23(19)2/h5-8,14H,4,9-13H2,1-3H3. The first kappa shape index (κ1) is 20.7. The van der Waals surface area contributed by atoms with Crippen LogP contribution in [-0.4, -0.2) is 62.3 Å². The van der Waals surface area contributed by atoms with Gasteiger partial charge < -0.3 is 19.1 Å². The molecule has 10 heteroatoms. The van der Waals surface area contributed by atoms with Crippen LogP contribution in [0.3, 0.4) is 0 Å². The lowest BCUT2D eigenvalue weighted by Gasteiger charge is -2.36. The second kappa shape index (κ2) is 8.29. The average molecular weight is 426 g/mol. The molecule has 1 amide bonds. The van der Waals surface area contributed by atoms with Crippen molar-refractivity contribution in [2.75, 3.05) is 37.7 Å². The van der Waals surface area contributed by atoms with Gasteiger partial charge in [-0.05, 0) is 19.1 Å². The number of anilines is 1. The predicted octanol–water partition coefficient (Wildman–Crippen LogP) is 0.181. The maximum atomic E-state index is 12.9. The van der Waals surface area contributed by atoms with Gasteiger partial charge in [0.1, 0.15) is 12.3 Å². The number of rotatable bonds is 5. The molecule has 1 fully saturated rings. The maximum Gasteiger partial charge on any atom is 0.332 e. The van der Waals surface area contributed by atoms with Crippen LogP contribution in [0.25, 0.3) is 11.2 Å². The SMILES string of the molecule is CCOc1ccccc1N1CCN(C(=O)Cn2cnc3c2c(=O)n(C)c(=O)n3C)CC1. The first-order chi connectivity index (χ1) is 14.9. The molecule has 1 aliphatic heterocycles. The molecule has 1 aliphatic rings. The number of hydrogen-bond donors (Lipinski definition) is 0. The molecule has 0 spiro atoms. The number of carbonyl (C=O) groups is 1. The molecule has 10 nitrogen and oxygen atoms in total. The Morgan fingerprint density at radius 3 is 2.48 bits per heavy atom. The van der Waals surface area contributed by atoms with Crippen LogP contribution in [0, 0.1) is 0 Å². The summed E-state index contributed by atoms with van der Waals surface area (Å²) in [7, 11) is 2.98. The summed E-state index contributed by atoms with van der Waals surface area (Å²) in [4.78, 5) is 45.8. The van der Waals surface area contributed by atoms with E-state index in [1.165, 1.54) is 22.5 Å². The third-order valence-electron chi connectivity index (χ3n) is 5.66. The van der Waals surface area contributed by atoms with Gasteiger partial charge in [-0.1, -0.05) is 12.1 Å². The van der Waals surface area contributed by atoms with E-state index in [2.05, 4.69) is 9.88 Å². The van der Waals surface area contributed by atoms with Crippen molar-refractivity contribution in [3.05, 3.63) is 51.4 Å². The number of nitrogens with zero attached hydrogens (tertiary/aromatic N) is 6. The van der Waals surface area contributed by atoms with E-state index in [-0.39, 0.29) is 23.6 Å². The molecule has 164 valence electrons. The van der Waals surface area contributed by atoms with Crippen LogP contribution in [0.2, 0.25) is 0 Å². The zero-order valence-corrected chi connectivity index (χ0v) is 17.9. The van der Waals surface area contributed by atoms with Crippen molar-refractivity contribution < 1.29 is 9.53 Å². The first-order valence-corrected chi connectivity index (χ1v) is 10.3. The van der Waals surface area contributed by atoms with Crippen molar-refractivity contribution in [3.63, 3.8) is 0 Å². The van der Waals surface area contributed by atoms with E-state index in [9.17, 15) is 14.4 Å². The largest absolute Gasteiger partial charge is 0.492 e. The molecule has 0 atom stereocenters. The highest BCUT2D eigenvalue weighted by Crippen LogP contribution is 2.28. The molecule has 0 aliphatic carbocycles. The Labute approximate surface area is 178 Å². The molecular formula is C21H26N6O4. The van der Waals surface area contributed by atoms with E-state index in [4.69, 9.17) is 4.74 Å². The van der Waals surface area contributed by atoms with Gasteiger partial charge in [0.2, 0.25) is 5.91 Å². The molecule has 3 heterocycles. The van der Waals surface area contributed by atoms with E-state index < -0.39 is 11.2 Å². The molecule has 3 aromatic rings. The normalized spacial score (nSPS) is 14.3.